The summed E-state index contributed by atoms with van der Waals surface area (Å²) in [6.07, 6.45) is 4.75. The van der Waals surface area contributed by atoms with Crippen LogP contribution in [-0.2, 0) is 17.6 Å². The van der Waals surface area contributed by atoms with Crippen LogP contribution in [0, 0.1) is 6.92 Å². The molecular formula is C21H25NO3. The molecule has 1 aliphatic rings. The molecule has 25 heavy (non-hydrogen) atoms. The standard InChI is InChI=1S/C21H25NO3/c1-16-6-2-5-9-20(16)24-13-12-22-21(23)15-25-19-11-10-17-7-3-4-8-18(17)14-19/h2,5-6,9-11,14H,3-4,7-8,12-13,15H2,1H3,(H,22,23). The molecule has 0 spiro atoms. The third kappa shape index (κ3) is 4.99. The van der Waals surface area contributed by atoms with Crippen molar-refractivity contribution in [3.63, 3.8) is 0 Å². The Balaban J connectivity index is 1.37. The first-order chi connectivity index (χ1) is 12.2. The van der Waals surface area contributed by atoms with E-state index < -0.39 is 0 Å². The van der Waals surface area contributed by atoms with Crippen LogP contribution in [0.1, 0.15) is 29.5 Å². The zero-order valence-electron chi connectivity index (χ0n) is 14.7. The van der Waals surface area contributed by atoms with Crippen LogP contribution in [0.5, 0.6) is 11.5 Å². The van der Waals surface area contributed by atoms with Crippen molar-refractivity contribution in [2.24, 2.45) is 0 Å². The molecule has 1 amide bonds. The van der Waals surface area contributed by atoms with Crippen molar-refractivity contribution in [3.8, 4) is 11.5 Å². The van der Waals surface area contributed by atoms with Crippen molar-refractivity contribution in [1.82, 2.24) is 5.32 Å². The number of rotatable bonds is 7. The van der Waals surface area contributed by atoms with Crippen molar-refractivity contribution in [2.75, 3.05) is 19.8 Å². The van der Waals surface area contributed by atoms with Crippen molar-refractivity contribution in [1.29, 1.82) is 0 Å². The van der Waals surface area contributed by atoms with Gasteiger partial charge < -0.3 is 14.8 Å². The van der Waals surface area contributed by atoms with Crippen molar-refractivity contribution in [3.05, 3.63) is 59.2 Å². The molecule has 3 rings (SSSR count). The summed E-state index contributed by atoms with van der Waals surface area (Å²) in [6.45, 7) is 2.93. The van der Waals surface area contributed by atoms with Gasteiger partial charge in [0.2, 0.25) is 0 Å². The van der Waals surface area contributed by atoms with Crippen LogP contribution in [0.2, 0.25) is 0 Å². The molecule has 0 saturated carbocycles. The predicted octanol–water partition coefficient (Wildman–Crippen LogP) is 3.45. The van der Waals surface area contributed by atoms with E-state index >= 15 is 0 Å². The number of aryl methyl sites for hydroxylation is 3. The highest BCUT2D eigenvalue weighted by Gasteiger charge is 2.10. The quantitative estimate of drug-likeness (QED) is 0.786. The first-order valence-electron chi connectivity index (χ1n) is 8.92. The van der Waals surface area contributed by atoms with Gasteiger partial charge in [0, 0.05) is 0 Å². The summed E-state index contributed by atoms with van der Waals surface area (Å²) in [5.74, 6) is 1.49. The minimum atomic E-state index is -0.133. The number of hydrogen-bond donors (Lipinski definition) is 1. The largest absolute Gasteiger partial charge is 0.491 e. The van der Waals surface area contributed by atoms with E-state index in [4.69, 9.17) is 9.47 Å². The lowest BCUT2D eigenvalue weighted by Crippen LogP contribution is -2.32. The lowest BCUT2D eigenvalue weighted by molar-refractivity contribution is -0.123. The molecule has 4 nitrogen and oxygen atoms in total. The van der Waals surface area contributed by atoms with Gasteiger partial charge in [-0.3, -0.25) is 4.79 Å². The number of para-hydroxylation sites is 1. The van der Waals surface area contributed by atoms with Crippen LogP contribution in [0.15, 0.2) is 42.5 Å². The molecular weight excluding hydrogens is 314 g/mol. The topological polar surface area (TPSA) is 47.6 Å². The zero-order valence-corrected chi connectivity index (χ0v) is 14.7. The molecule has 0 aliphatic heterocycles. The normalized spacial score (nSPS) is 13.0. The van der Waals surface area contributed by atoms with Crippen LogP contribution >= 0.6 is 0 Å². The summed E-state index contributed by atoms with van der Waals surface area (Å²) in [5, 5.41) is 2.82. The summed E-state index contributed by atoms with van der Waals surface area (Å²) >= 11 is 0. The van der Waals surface area contributed by atoms with Crippen molar-refractivity contribution >= 4 is 5.91 Å². The number of hydrogen-bond acceptors (Lipinski definition) is 3. The Hall–Kier alpha value is -2.49. The number of carbonyl (C=O) groups excluding carboxylic acids is 1. The van der Waals surface area contributed by atoms with E-state index in [0.717, 1.165) is 29.9 Å². The molecule has 0 atom stereocenters. The minimum Gasteiger partial charge on any atom is -0.491 e. The van der Waals surface area contributed by atoms with Crippen LogP contribution in [0.3, 0.4) is 0 Å². The van der Waals surface area contributed by atoms with E-state index in [1.807, 2.05) is 37.3 Å². The maximum absolute atomic E-state index is 11.9. The molecule has 0 bridgehead atoms. The SMILES string of the molecule is Cc1ccccc1OCCNC(=O)COc1ccc2c(c1)CCCC2. The van der Waals surface area contributed by atoms with Crippen LogP contribution in [-0.4, -0.2) is 25.7 Å². The molecule has 0 unspecified atom stereocenters. The summed E-state index contributed by atoms with van der Waals surface area (Å²) < 4.78 is 11.3. The van der Waals surface area contributed by atoms with Gasteiger partial charge >= 0.3 is 0 Å². The Morgan fingerprint density at radius 1 is 1.04 bits per heavy atom. The number of fused-ring (bicyclic) bond motifs is 1. The first-order valence-corrected chi connectivity index (χ1v) is 8.92. The minimum absolute atomic E-state index is 0.0309. The number of ether oxygens (including phenoxy) is 2. The first kappa shape index (κ1) is 17.3. The van der Waals surface area contributed by atoms with Gasteiger partial charge in [-0.15, -0.1) is 0 Å². The Labute approximate surface area is 149 Å². The fourth-order valence-corrected chi connectivity index (χ4v) is 3.07. The summed E-state index contributed by atoms with van der Waals surface area (Å²) in [5.41, 5.74) is 3.86. The number of amides is 1. The highest BCUT2D eigenvalue weighted by Crippen LogP contribution is 2.25. The molecule has 1 aliphatic carbocycles. The molecule has 2 aromatic rings. The van der Waals surface area contributed by atoms with Crippen molar-refractivity contribution in [2.45, 2.75) is 32.6 Å². The van der Waals surface area contributed by atoms with Gasteiger partial charge in [-0.2, -0.15) is 0 Å². The Morgan fingerprint density at radius 3 is 2.68 bits per heavy atom. The van der Waals surface area contributed by atoms with Gasteiger partial charge in [0.1, 0.15) is 18.1 Å². The second-order valence-corrected chi connectivity index (χ2v) is 6.39. The molecule has 0 saturated heterocycles. The van der Waals surface area contributed by atoms with Crippen LogP contribution < -0.4 is 14.8 Å². The van der Waals surface area contributed by atoms with E-state index in [0.29, 0.717) is 13.2 Å². The van der Waals surface area contributed by atoms with E-state index in [1.165, 1.54) is 24.0 Å². The fraction of sp³-hybridized carbons (Fsp3) is 0.381. The fourth-order valence-electron chi connectivity index (χ4n) is 3.07. The smallest absolute Gasteiger partial charge is 0.258 e. The molecule has 2 aromatic carbocycles. The predicted molar refractivity (Wildman–Crippen MR) is 98.3 cm³/mol. The molecule has 0 aromatic heterocycles. The lowest BCUT2D eigenvalue weighted by Gasteiger charge is -2.16. The molecule has 1 N–H and O–H groups in total. The Kier molecular flexibility index (Phi) is 5.94. The molecule has 0 fully saturated rings. The van der Waals surface area contributed by atoms with Gasteiger partial charge in [-0.1, -0.05) is 24.3 Å². The van der Waals surface area contributed by atoms with Gasteiger partial charge in [0.25, 0.3) is 5.91 Å². The Morgan fingerprint density at radius 2 is 1.84 bits per heavy atom. The average Bonchev–Trinajstić information content (AvgIpc) is 2.64. The van der Waals surface area contributed by atoms with E-state index in [9.17, 15) is 4.79 Å². The maximum atomic E-state index is 11.9. The van der Waals surface area contributed by atoms with Crippen molar-refractivity contribution < 1.29 is 14.3 Å². The van der Waals surface area contributed by atoms with Gasteiger partial charge in [-0.05, 0) is 67.5 Å². The molecule has 132 valence electrons. The average molecular weight is 339 g/mol. The van der Waals surface area contributed by atoms with Crippen LogP contribution in [0.25, 0.3) is 0 Å². The van der Waals surface area contributed by atoms with Gasteiger partial charge in [-0.25, -0.2) is 0 Å². The van der Waals surface area contributed by atoms with Gasteiger partial charge in [0.15, 0.2) is 6.61 Å². The highest BCUT2D eigenvalue weighted by molar-refractivity contribution is 5.77. The van der Waals surface area contributed by atoms with Crippen LogP contribution in [0.4, 0.5) is 0 Å². The third-order valence-electron chi connectivity index (χ3n) is 4.47. The molecule has 0 heterocycles. The highest BCUT2D eigenvalue weighted by atomic mass is 16.5. The summed E-state index contributed by atoms with van der Waals surface area (Å²) in [7, 11) is 0. The summed E-state index contributed by atoms with van der Waals surface area (Å²) in [6, 6.07) is 14.0. The summed E-state index contributed by atoms with van der Waals surface area (Å²) in [4.78, 5) is 11.9. The molecule has 4 heteroatoms. The number of nitrogens with one attached hydrogen (secondary N) is 1. The molecule has 0 radical (unpaired) electrons. The van der Waals surface area contributed by atoms with E-state index in [-0.39, 0.29) is 12.5 Å². The Bertz CT molecular complexity index is 727. The lowest BCUT2D eigenvalue weighted by atomic mass is 9.92. The van der Waals surface area contributed by atoms with E-state index in [1.54, 1.807) is 0 Å². The maximum Gasteiger partial charge on any atom is 0.258 e. The third-order valence-corrected chi connectivity index (χ3v) is 4.47. The number of carbonyl (C=O) groups is 1. The zero-order chi connectivity index (χ0) is 17.5. The monoisotopic (exact) mass is 339 g/mol. The number of benzene rings is 2. The van der Waals surface area contributed by atoms with Gasteiger partial charge in [0.05, 0.1) is 6.54 Å². The van der Waals surface area contributed by atoms with E-state index in [2.05, 4.69) is 17.4 Å². The second-order valence-electron chi connectivity index (χ2n) is 6.39. The second kappa shape index (κ2) is 8.56.